The summed E-state index contributed by atoms with van der Waals surface area (Å²) in [6, 6.07) is 1.99. The van der Waals surface area contributed by atoms with Gasteiger partial charge >= 0.3 is 0 Å². The average molecular weight is 201 g/mol. The molecule has 0 bridgehead atoms. The first-order valence-electron chi connectivity index (χ1n) is 4.11. The quantitative estimate of drug-likeness (QED) is 0.757. The smallest absolute Gasteiger partial charge is 0.153 e. The topological polar surface area (TPSA) is 59.3 Å². The molecule has 72 valence electrons. The lowest BCUT2D eigenvalue weighted by molar-refractivity contribution is 0.508. The Morgan fingerprint density at radius 2 is 2.31 bits per heavy atom. The Kier molecular flexibility index (Phi) is 2.13. The van der Waals surface area contributed by atoms with Crippen molar-refractivity contribution in [3.63, 3.8) is 0 Å². The molecular weight excluding hydrogens is 190 g/mol. The molecule has 0 radical (unpaired) electrons. The Bertz CT molecular complexity index is 356. The molecule has 2 rings (SSSR count). The molecule has 0 aromatic carbocycles. The fourth-order valence-corrected chi connectivity index (χ4v) is 2.70. The number of hydrogen-bond acceptors (Lipinski definition) is 4. The fourth-order valence-electron chi connectivity index (χ4n) is 1.34. The second-order valence-electron chi connectivity index (χ2n) is 3.29. The van der Waals surface area contributed by atoms with E-state index >= 15 is 0 Å². The van der Waals surface area contributed by atoms with Crippen molar-refractivity contribution in [1.82, 2.24) is 5.32 Å². The zero-order valence-corrected chi connectivity index (χ0v) is 7.88. The third-order valence-electron chi connectivity index (χ3n) is 2.09. The van der Waals surface area contributed by atoms with Gasteiger partial charge in [-0.1, -0.05) is 0 Å². The second-order valence-corrected chi connectivity index (χ2v) is 5.44. The van der Waals surface area contributed by atoms with Crippen molar-refractivity contribution in [2.24, 2.45) is 0 Å². The van der Waals surface area contributed by atoms with E-state index < -0.39 is 9.84 Å². The third kappa shape index (κ3) is 2.10. The van der Waals surface area contributed by atoms with E-state index in [1.807, 2.05) is 6.07 Å². The van der Waals surface area contributed by atoms with Crippen LogP contribution in [0.25, 0.3) is 0 Å². The molecule has 1 aromatic heterocycles. The molecule has 13 heavy (non-hydrogen) atoms. The molecule has 0 unspecified atom stereocenters. The van der Waals surface area contributed by atoms with E-state index in [0.29, 0.717) is 6.54 Å². The average Bonchev–Trinajstić information content (AvgIpc) is 2.48. The summed E-state index contributed by atoms with van der Waals surface area (Å²) in [6.07, 6.45) is 3.26. The van der Waals surface area contributed by atoms with Gasteiger partial charge in [0.1, 0.15) is 0 Å². The van der Waals surface area contributed by atoms with Crippen molar-refractivity contribution in [1.29, 1.82) is 0 Å². The number of hydrogen-bond donors (Lipinski definition) is 1. The van der Waals surface area contributed by atoms with Gasteiger partial charge in [-0.15, -0.1) is 0 Å². The molecule has 1 fully saturated rings. The van der Waals surface area contributed by atoms with Gasteiger partial charge in [0.2, 0.25) is 0 Å². The molecule has 0 amide bonds. The maximum atomic E-state index is 10.8. The maximum absolute atomic E-state index is 10.8. The van der Waals surface area contributed by atoms with Gasteiger partial charge in [0, 0.05) is 18.2 Å². The Labute approximate surface area is 76.9 Å². The predicted octanol–water partition coefficient (Wildman–Crippen LogP) is 0.166. The van der Waals surface area contributed by atoms with Gasteiger partial charge in [-0.25, -0.2) is 8.42 Å². The Balaban J connectivity index is 1.77. The molecule has 5 heteroatoms. The standard InChI is InChI=1S/C8H11NO3S/c10-13(11)5-8(6-13)9-3-7-1-2-12-4-7/h1-2,4,8-9H,3,5-6H2. The van der Waals surface area contributed by atoms with Crippen LogP contribution in [0.1, 0.15) is 5.56 Å². The number of nitrogens with one attached hydrogen (secondary N) is 1. The summed E-state index contributed by atoms with van der Waals surface area (Å²) in [5.41, 5.74) is 1.05. The lowest BCUT2D eigenvalue weighted by Gasteiger charge is -2.26. The third-order valence-corrected chi connectivity index (χ3v) is 3.91. The van der Waals surface area contributed by atoms with E-state index in [1.165, 1.54) is 0 Å². The van der Waals surface area contributed by atoms with E-state index in [-0.39, 0.29) is 17.5 Å². The monoisotopic (exact) mass is 201 g/mol. The van der Waals surface area contributed by atoms with Crippen LogP contribution in [0.3, 0.4) is 0 Å². The number of furan rings is 1. The molecule has 1 aliphatic rings. The summed E-state index contributed by atoms with van der Waals surface area (Å²) in [4.78, 5) is 0. The van der Waals surface area contributed by atoms with Gasteiger partial charge < -0.3 is 9.73 Å². The zero-order valence-electron chi connectivity index (χ0n) is 7.06. The SMILES string of the molecule is O=S1(=O)CC(NCc2ccoc2)C1. The van der Waals surface area contributed by atoms with E-state index in [0.717, 1.165) is 5.56 Å². The van der Waals surface area contributed by atoms with Gasteiger partial charge in [0.15, 0.2) is 9.84 Å². The first-order chi connectivity index (χ1) is 6.16. The summed E-state index contributed by atoms with van der Waals surface area (Å²) >= 11 is 0. The lowest BCUT2D eigenvalue weighted by Crippen LogP contribution is -2.50. The van der Waals surface area contributed by atoms with Crippen LogP contribution < -0.4 is 5.32 Å². The van der Waals surface area contributed by atoms with Crippen molar-refractivity contribution < 1.29 is 12.8 Å². The molecule has 1 saturated heterocycles. The van der Waals surface area contributed by atoms with Gasteiger partial charge in [0.05, 0.1) is 24.0 Å². The molecule has 0 spiro atoms. The molecule has 0 aliphatic carbocycles. The second kappa shape index (κ2) is 3.16. The van der Waals surface area contributed by atoms with E-state index in [9.17, 15) is 8.42 Å². The van der Waals surface area contributed by atoms with Crippen LogP contribution in [0.5, 0.6) is 0 Å². The van der Waals surface area contributed by atoms with Crippen LogP contribution in [0, 0.1) is 0 Å². The summed E-state index contributed by atoms with van der Waals surface area (Å²) in [6.45, 7) is 0.677. The van der Waals surface area contributed by atoms with Crippen molar-refractivity contribution in [2.45, 2.75) is 12.6 Å². The highest BCUT2D eigenvalue weighted by atomic mass is 32.2. The molecule has 2 heterocycles. The minimum atomic E-state index is -2.71. The van der Waals surface area contributed by atoms with Crippen LogP contribution >= 0.6 is 0 Å². The van der Waals surface area contributed by atoms with Crippen molar-refractivity contribution in [3.8, 4) is 0 Å². The molecule has 1 aliphatic heterocycles. The van der Waals surface area contributed by atoms with Crippen LogP contribution in [-0.2, 0) is 16.4 Å². The minimum absolute atomic E-state index is 0.125. The fraction of sp³-hybridized carbons (Fsp3) is 0.500. The van der Waals surface area contributed by atoms with Gasteiger partial charge in [-0.05, 0) is 6.07 Å². The molecule has 1 N–H and O–H groups in total. The molecule has 1 aromatic rings. The molecule has 0 atom stereocenters. The van der Waals surface area contributed by atoms with Crippen LogP contribution in [0.15, 0.2) is 23.0 Å². The van der Waals surface area contributed by atoms with Crippen LogP contribution in [0.4, 0.5) is 0 Å². The summed E-state index contributed by atoms with van der Waals surface area (Å²) in [7, 11) is -2.71. The Morgan fingerprint density at radius 3 is 2.85 bits per heavy atom. The summed E-state index contributed by atoms with van der Waals surface area (Å²) in [5, 5.41) is 3.14. The van der Waals surface area contributed by atoms with Crippen molar-refractivity contribution in [3.05, 3.63) is 24.2 Å². The lowest BCUT2D eigenvalue weighted by atomic mass is 10.3. The largest absolute Gasteiger partial charge is 0.472 e. The highest BCUT2D eigenvalue weighted by molar-refractivity contribution is 7.92. The highest BCUT2D eigenvalue weighted by Gasteiger charge is 2.32. The predicted molar refractivity (Wildman–Crippen MR) is 48.0 cm³/mol. The summed E-state index contributed by atoms with van der Waals surface area (Å²) < 4.78 is 26.5. The van der Waals surface area contributed by atoms with Crippen LogP contribution in [-0.4, -0.2) is 26.0 Å². The normalized spacial score (nSPS) is 21.2. The Morgan fingerprint density at radius 1 is 1.54 bits per heavy atom. The van der Waals surface area contributed by atoms with Gasteiger partial charge in [0.25, 0.3) is 0 Å². The number of rotatable bonds is 3. The van der Waals surface area contributed by atoms with E-state index in [2.05, 4.69) is 5.32 Å². The molecular formula is C8H11NO3S. The summed E-state index contributed by atoms with van der Waals surface area (Å²) in [5.74, 6) is 0.537. The van der Waals surface area contributed by atoms with E-state index in [4.69, 9.17) is 4.42 Å². The minimum Gasteiger partial charge on any atom is -0.472 e. The van der Waals surface area contributed by atoms with Crippen molar-refractivity contribution in [2.75, 3.05) is 11.5 Å². The number of sulfone groups is 1. The highest BCUT2D eigenvalue weighted by Crippen LogP contribution is 2.11. The first-order valence-corrected chi connectivity index (χ1v) is 5.93. The van der Waals surface area contributed by atoms with Gasteiger partial charge in [-0.2, -0.15) is 0 Å². The Hall–Kier alpha value is -0.810. The zero-order chi connectivity index (χ0) is 9.31. The van der Waals surface area contributed by atoms with Crippen LogP contribution in [0.2, 0.25) is 0 Å². The molecule has 0 saturated carbocycles. The molecule has 4 nitrogen and oxygen atoms in total. The van der Waals surface area contributed by atoms with Crippen molar-refractivity contribution >= 4 is 9.84 Å². The maximum Gasteiger partial charge on any atom is 0.153 e. The van der Waals surface area contributed by atoms with E-state index in [1.54, 1.807) is 12.5 Å². The van der Waals surface area contributed by atoms with Gasteiger partial charge in [-0.3, -0.25) is 0 Å². The first kappa shape index (κ1) is 8.77.